The molecule has 0 aliphatic heterocycles. The summed E-state index contributed by atoms with van der Waals surface area (Å²) in [6.45, 7) is 1.72. The van der Waals surface area contributed by atoms with E-state index in [0.717, 1.165) is 18.5 Å². The lowest BCUT2D eigenvalue weighted by atomic mass is 10.1. The van der Waals surface area contributed by atoms with Crippen LogP contribution < -0.4 is 5.32 Å². The summed E-state index contributed by atoms with van der Waals surface area (Å²) in [6, 6.07) is 2.43. The van der Waals surface area contributed by atoms with E-state index < -0.39 is 17.6 Å². The van der Waals surface area contributed by atoms with E-state index >= 15 is 0 Å². The summed E-state index contributed by atoms with van der Waals surface area (Å²) in [5.41, 5.74) is -0.358. The highest BCUT2D eigenvalue weighted by Gasteiger charge is 2.33. The summed E-state index contributed by atoms with van der Waals surface area (Å²) >= 11 is 0. The number of halogens is 3. The molecular formula is C16H14F3N5O2. The average Bonchev–Trinajstić information content (AvgIpc) is 3.24. The minimum Gasteiger partial charge on any atom is -0.361 e. The summed E-state index contributed by atoms with van der Waals surface area (Å²) in [5.74, 6) is 0.0764. The lowest BCUT2D eigenvalue weighted by molar-refractivity contribution is -0.138. The Kier molecular flexibility index (Phi) is 4.74. The number of aryl methyl sites for hydroxylation is 1. The monoisotopic (exact) mass is 365 g/mol. The number of hydrogen-bond donors (Lipinski definition) is 1. The number of carbonyl (C=O) groups is 1. The molecule has 0 fully saturated rings. The van der Waals surface area contributed by atoms with Crippen LogP contribution in [0.1, 0.15) is 34.3 Å². The molecule has 0 radical (unpaired) electrons. The van der Waals surface area contributed by atoms with Gasteiger partial charge in [0.15, 0.2) is 5.69 Å². The van der Waals surface area contributed by atoms with E-state index in [1.165, 1.54) is 23.1 Å². The maximum atomic E-state index is 13.0. The highest BCUT2D eigenvalue weighted by molar-refractivity contribution is 6.02. The van der Waals surface area contributed by atoms with Gasteiger partial charge in [-0.2, -0.15) is 18.3 Å². The molecule has 1 N–H and O–H groups in total. The first-order valence-corrected chi connectivity index (χ1v) is 7.66. The zero-order chi connectivity index (χ0) is 18.7. The fraction of sp³-hybridized carbons (Fsp3) is 0.250. The predicted molar refractivity (Wildman–Crippen MR) is 84.4 cm³/mol. The van der Waals surface area contributed by atoms with Crippen LogP contribution in [0, 0.1) is 0 Å². The molecule has 3 aromatic heterocycles. The van der Waals surface area contributed by atoms with Gasteiger partial charge in [-0.1, -0.05) is 12.1 Å². The fourth-order valence-electron chi connectivity index (χ4n) is 2.30. The molecule has 10 heteroatoms. The van der Waals surface area contributed by atoms with E-state index in [2.05, 4.69) is 20.6 Å². The van der Waals surface area contributed by atoms with Gasteiger partial charge in [-0.15, -0.1) is 0 Å². The Bertz CT molecular complexity index is 917. The normalized spacial score (nSPS) is 11.5. The van der Waals surface area contributed by atoms with Gasteiger partial charge in [-0.05, 0) is 6.07 Å². The molecule has 0 atom stereocenters. The molecule has 26 heavy (non-hydrogen) atoms. The number of nitrogens with zero attached hydrogens (tertiary/aromatic N) is 4. The molecule has 3 rings (SSSR count). The van der Waals surface area contributed by atoms with Gasteiger partial charge >= 0.3 is 6.18 Å². The van der Waals surface area contributed by atoms with Crippen molar-refractivity contribution in [2.24, 2.45) is 0 Å². The van der Waals surface area contributed by atoms with Gasteiger partial charge < -0.3 is 9.84 Å². The van der Waals surface area contributed by atoms with Crippen molar-refractivity contribution in [1.29, 1.82) is 0 Å². The number of anilines is 1. The van der Waals surface area contributed by atoms with Crippen molar-refractivity contribution >= 4 is 11.6 Å². The van der Waals surface area contributed by atoms with Gasteiger partial charge in [0.1, 0.15) is 5.76 Å². The molecule has 0 aliphatic carbocycles. The minimum atomic E-state index is -4.48. The quantitative estimate of drug-likeness (QED) is 0.751. The van der Waals surface area contributed by atoms with Gasteiger partial charge in [0.25, 0.3) is 5.91 Å². The third-order valence-corrected chi connectivity index (χ3v) is 3.57. The summed E-state index contributed by atoms with van der Waals surface area (Å²) in [6.07, 6.45) is 1.11. The molecule has 0 saturated carbocycles. The maximum absolute atomic E-state index is 13.0. The largest absolute Gasteiger partial charge is 0.416 e. The molecule has 136 valence electrons. The second kappa shape index (κ2) is 6.98. The number of rotatable bonds is 5. The Hall–Kier alpha value is -3.17. The first kappa shape index (κ1) is 17.6. The van der Waals surface area contributed by atoms with Crippen molar-refractivity contribution in [3.05, 3.63) is 59.5 Å². The van der Waals surface area contributed by atoms with Crippen LogP contribution in [-0.4, -0.2) is 25.8 Å². The van der Waals surface area contributed by atoms with Crippen LogP contribution in [-0.2, 0) is 19.1 Å². The second-order valence-electron chi connectivity index (χ2n) is 5.44. The van der Waals surface area contributed by atoms with Crippen molar-refractivity contribution in [1.82, 2.24) is 19.9 Å². The number of nitrogens with one attached hydrogen (secondary N) is 1. The lowest BCUT2D eigenvalue weighted by Gasteiger charge is -2.11. The smallest absolute Gasteiger partial charge is 0.361 e. The molecule has 7 nitrogen and oxygen atoms in total. The summed E-state index contributed by atoms with van der Waals surface area (Å²) < 4.78 is 45.3. The van der Waals surface area contributed by atoms with Gasteiger partial charge in [0, 0.05) is 36.6 Å². The number of carbonyl (C=O) groups excluding carboxylic acids is 1. The topological polar surface area (TPSA) is 85.8 Å². The highest BCUT2D eigenvalue weighted by Crippen LogP contribution is 2.31. The highest BCUT2D eigenvalue weighted by atomic mass is 19.4. The number of alkyl halides is 3. The van der Waals surface area contributed by atoms with Crippen LogP contribution in [0.3, 0.4) is 0 Å². The predicted octanol–water partition coefficient (Wildman–Crippen LogP) is 3.15. The standard InChI is InChI=1S/C16H14F3N5O2/c1-2-12-5-14(23-26-12)15(25)22-11-7-21-24(9-11)8-10-6-20-4-3-13(10)16(17,18)19/h3-7,9H,2,8H2,1H3,(H,22,25). The van der Waals surface area contributed by atoms with Crippen LogP contribution >= 0.6 is 0 Å². The number of aromatic nitrogens is 4. The Morgan fingerprint density at radius 2 is 2.15 bits per heavy atom. The maximum Gasteiger partial charge on any atom is 0.416 e. The molecule has 1 amide bonds. The van der Waals surface area contributed by atoms with Crippen LogP contribution in [0.5, 0.6) is 0 Å². The molecule has 0 saturated heterocycles. The lowest BCUT2D eigenvalue weighted by Crippen LogP contribution is -2.13. The van der Waals surface area contributed by atoms with Crippen molar-refractivity contribution < 1.29 is 22.5 Å². The molecule has 0 aromatic carbocycles. The van der Waals surface area contributed by atoms with Crippen LogP contribution in [0.4, 0.5) is 18.9 Å². The molecule has 3 heterocycles. The van der Waals surface area contributed by atoms with E-state index in [1.807, 2.05) is 6.92 Å². The Morgan fingerprint density at radius 3 is 2.85 bits per heavy atom. The Balaban J connectivity index is 1.72. The molecule has 0 spiro atoms. The zero-order valence-electron chi connectivity index (χ0n) is 13.6. The summed E-state index contributed by atoms with van der Waals surface area (Å²) in [4.78, 5) is 15.8. The Morgan fingerprint density at radius 1 is 1.35 bits per heavy atom. The number of hydrogen-bond acceptors (Lipinski definition) is 5. The van der Waals surface area contributed by atoms with E-state index in [0.29, 0.717) is 17.9 Å². The number of amides is 1. The number of pyridine rings is 1. The van der Waals surface area contributed by atoms with Crippen LogP contribution in [0.25, 0.3) is 0 Å². The minimum absolute atomic E-state index is 0.0231. The SMILES string of the molecule is CCc1cc(C(=O)Nc2cnn(Cc3cnccc3C(F)(F)F)c2)no1. The third-order valence-electron chi connectivity index (χ3n) is 3.57. The summed E-state index contributed by atoms with van der Waals surface area (Å²) in [5, 5.41) is 10.2. The van der Waals surface area contributed by atoms with E-state index in [9.17, 15) is 18.0 Å². The molecule has 0 bridgehead atoms. The zero-order valence-corrected chi connectivity index (χ0v) is 13.6. The first-order valence-electron chi connectivity index (χ1n) is 7.66. The van der Waals surface area contributed by atoms with E-state index in [-0.39, 0.29) is 17.8 Å². The summed E-state index contributed by atoms with van der Waals surface area (Å²) in [7, 11) is 0. The molecule has 0 unspecified atom stereocenters. The molecule has 0 aliphatic rings. The van der Waals surface area contributed by atoms with Gasteiger partial charge in [-0.25, -0.2) is 0 Å². The third kappa shape index (κ3) is 3.90. The molecule has 3 aromatic rings. The van der Waals surface area contributed by atoms with Gasteiger partial charge in [0.2, 0.25) is 0 Å². The Labute approximate surface area is 145 Å². The van der Waals surface area contributed by atoms with Crippen LogP contribution in [0.2, 0.25) is 0 Å². The van der Waals surface area contributed by atoms with E-state index in [4.69, 9.17) is 4.52 Å². The van der Waals surface area contributed by atoms with E-state index in [1.54, 1.807) is 0 Å². The first-order chi connectivity index (χ1) is 12.4. The van der Waals surface area contributed by atoms with Crippen molar-refractivity contribution in [3.63, 3.8) is 0 Å². The van der Waals surface area contributed by atoms with Crippen LogP contribution in [0.15, 0.2) is 41.4 Å². The average molecular weight is 365 g/mol. The van der Waals surface area contributed by atoms with Gasteiger partial charge in [-0.3, -0.25) is 14.5 Å². The second-order valence-corrected chi connectivity index (χ2v) is 5.44. The molecular weight excluding hydrogens is 351 g/mol. The van der Waals surface area contributed by atoms with Gasteiger partial charge in [0.05, 0.1) is 24.0 Å². The van der Waals surface area contributed by atoms with Crippen molar-refractivity contribution in [2.45, 2.75) is 26.1 Å². The van der Waals surface area contributed by atoms with Crippen molar-refractivity contribution in [3.8, 4) is 0 Å². The fourth-order valence-corrected chi connectivity index (χ4v) is 2.30. The van der Waals surface area contributed by atoms with Crippen molar-refractivity contribution in [2.75, 3.05) is 5.32 Å².